The molecule has 1 aliphatic heterocycles. The first kappa shape index (κ1) is 20.3. The summed E-state index contributed by atoms with van der Waals surface area (Å²) in [4.78, 5) is 24.2. The predicted octanol–water partition coefficient (Wildman–Crippen LogP) is 1.74. The van der Waals surface area contributed by atoms with Crippen LogP contribution in [-0.4, -0.2) is 49.4 Å². The number of carbonyl (C=O) groups excluding carboxylic acids is 1. The van der Waals surface area contributed by atoms with E-state index in [0.29, 0.717) is 45.2 Å². The molecule has 9 heteroatoms. The summed E-state index contributed by atoms with van der Waals surface area (Å²) >= 11 is 0. The molecule has 1 amide bonds. The van der Waals surface area contributed by atoms with Crippen molar-refractivity contribution in [3.63, 3.8) is 0 Å². The Morgan fingerprint density at radius 3 is 2.27 bits per heavy atom. The van der Waals surface area contributed by atoms with Gasteiger partial charge in [0, 0.05) is 32.0 Å². The minimum Gasteiger partial charge on any atom is -0.481 e. The first-order valence-electron chi connectivity index (χ1n) is 8.55. The van der Waals surface area contributed by atoms with Gasteiger partial charge in [0.1, 0.15) is 5.82 Å². The third-order valence-corrected chi connectivity index (χ3v) is 5.86. The van der Waals surface area contributed by atoms with Gasteiger partial charge < -0.3 is 10.0 Å². The zero-order valence-corrected chi connectivity index (χ0v) is 15.2. The lowest BCUT2D eigenvalue weighted by molar-refractivity contribution is -0.137. The molecule has 7 nitrogen and oxygen atoms in total. The number of benzene rings is 1. The molecule has 1 fully saturated rings. The number of unbranched alkanes of at least 4 members (excludes halogenated alkanes) is 1. The van der Waals surface area contributed by atoms with Crippen molar-refractivity contribution in [2.24, 2.45) is 0 Å². The molecular formula is C17H23FN2O5S. The van der Waals surface area contributed by atoms with Crippen molar-refractivity contribution in [2.75, 3.05) is 13.1 Å². The van der Waals surface area contributed by atoms with Crippen LogP contribution in [0.3, 0.4) is 0 Å². The van der Waals surface area contributed by atoms with E-state index in [4.69, 9.17) is 5.11 Å². The fraction of sp³-hybridized carbons (Fsp3) is 0.529. The number of carbonyl (C=O) groups is 2. The molecule has 144 valence electrons. The van der Waals surface area contributed by atoms with Crippen molar-refractivity contribution in [1.29, 1.82) is 0 Å². The molecule has 0 radical (unpaired) electrons. The molecule has 2 N–H and O–H groups in total. The van der Waals surface area contributed by atoms with Crippen LogP contribution in [0.1, 0.15) is 38.5 Å². The lowest BCUT2D eigenvalue weighted by Gasteiger charge is -2.32. The Morgan fingerprint density at radius 1 is 1.12 bits per heavy atom. The lowest BCUT2D eigenvalue weighted by atomic mass is 10.1. The Hall–Kier alpha value is -2.00. The Kier molecular flexibility index (Phi) is 7.10. The van der Waals surface area contributed by atoms with Gasteiger partial charge in [0.2, 0.25) is 15.9 Å². The SMILES string of the molecule is O=C(O)CCCCC(=O)N1CCC(NS(=O)(=O)c2ccc(F)cc2)CC1. The second kappa shape index (κ2) is 9.09. The number of nitrogens with one attached hydrogen (secondary N) is 1. The first-order valence-corrected chi connectivity index (χ1v) is 10.0. The average Bonchev–Trinajstić information content (AvgIpc) is 2.59. The highest BCUT2D eigenvalue weighted by molar-refractivity contribution is 7.89. The quantitative estimate of drug-likeness (QED) is 0.663. The molecule has 1 aromatic carbocycles. The van der Waals surface area contributed by atoms with E-state index in [1.807, 2.05) is 0 Å². The molecule has 0 aromatic heterocycles. The minimum absolute atomic E-state index is 0.0100. The number of piperidine rings is 1. The van der Waals surface area contributed by atoms with E-state index in [1.54, 1.807) is 4.90 Å². The summed E-state index contributed by atoms with van der Waals surface area (Å²) in [6.07, 6.45) is 2.36. The van der Waals surface area contributed by atoms with Crippen LogP contribution < -0.4 is 4.72 Å². The summed E-state index contributed by atoms with van der Waals surface area (Å²) in [6.45, 7) is 0.905. The fourth-order valence-corrected chi connectivity index (χ4v) is 4.16. The smallest absolute Gasteiger partial charge is 0.303 e. The van der Waals surface area contributed by atoms with Crippen molar-refractivity contribution < 1.29 is 27.5 Å². The van der Waals surface area contributed by atoms with Crippen LogP contribution in [0.4, 0.5) is 4.39 Å². The standard InChI is InChI=1S/C17H23FN2O5S/c18-13-5-7-15(8-6-13)26(24,25)19-14-9-11-20(12-10-14)16(21)3-1-2-4-17(22)23/h5-8,14,19H,1-4,9-12H2,(H,22,23). The van der Waals surface area contributed by atoms with Gasteiger partial charge in [-0.15, -0.1) is 0 Å². The number of hydrogen-bond acceptors (Lipinski definition) is 4. The van der Waals surface area contributed by atoms with Gasteiger partial charge in [-0.3, -0.25) is 9.59 Å². The molecule has 1 aromatic rings. The average molecular weight is 386 g/mol. The summed E-state index contributed by atoms with van der Waals surface area (Å²) in [5, 5.41) is 8.58. The van der Waals surface area contributed by atoms with E-state index in [-0.39, 0.29) is 23.3 Å². The molecule has 1 saturated heterocycles. The van der Waals surface area contributed by atoms with E-state index in [9.17, 15) is 22.4 Å². The van der Waals surface area contributed by atoms with Crippen molar-refractivity contribution in [3.05, 3.63) is 30.1 Å². The van der Waals surface area contributed by atoms with Crippen LogP contribution in [0, 0.1) is 5.82 Å². The molecule has 1 aliphatic rings. The summed E-state index contributed by atoms with van der Waals surface area (Å²) < 4.78 is 40.1. The van der Waals surface area contributed by atoms with Crippen molar-refractivity contribution in [2.45, 2.75) is 49.5 Å². The zero-order chi connectivity index (χ0) is 19.2. The number of amides is 1. The van der Waals surface area contributed by atoms with Crippen molar-refractivity contribution in [3.8, 4) is 0 Å². The number of aliphatic carboxylic acids is 1. The fourth-order valence-electron chi connectivity index (χ4n) is 2.86. The molecule has 26 heavy (non-hydrogen) atoms. The number of hydrogen-bond donors (Lipinski definition) is 2. The highest BCUT2D eigenvalue weighted by Crippen LogP contribution is 2.16. The highest BCUT2D eigenvalue weighted by atomic mass is 32.2. The molecule has 0 saturated carbocycles. The first-order chi connectivity index (χ1) is 12.3. The predicted molar refractivity (Wildman–Crippen MR) is 92.4 cm³/mol. The molecular weight excluding hydrogens is 363 g/mol. The van der Waals surface area contributed by atoms with Crippen molar-refractivity contribution in [1.82, 2.24) is 9.62 Å². The monoisotopic (exact) mass is 386 g/mol. The van der Waals surface area contributed by atoms with Crippen molar-refractivity contribution >= 4 is 21.9 Å². The molecule has 1 heterocycles. The maximum atomic E-state index is 12.9. The number of nitrogens with zero attached hydrogens (tertiary/aromatic N) is 1. The third kappa shape index (κ3) is 6.06. The van der Waals surface area contributed by atoms with Gasteiger partial charge in [-0.2, -0.15) is 0 Å². The van der Waals surface area contributed by atoms with E-state index >= 15 is 0 Å². The summed E-state index contributed by atoms with van der Waals surface area (Å²) in [6, 6.07) is 4.35. The summed E-state index contributed by atoms with van der Waals surface area (Å²) in [7, 11) is -3.72. The molecule has 2 rings (SSSR count). The van der Waals surface area contributed by atoms with Gasteiger partial charge in [-0.05, 0) is 49.9 Å². The number of rotatable bonds is 8. The Labute approximate surface area is 152 Å². The van der Waals surface area contributed by atoms with Gasteiger partial charge in [-0.25, -0.2) is 17.5 Å². The van der Waals surface area contributed by atoms with Crippen LogP contribution in [0.5, 0.6) is 0 Å². The van der Waals surface area contributed by atoms with E-state index in [1.165, 1.54) is 12.1 Å². The maximum Gasteiger partial charge on any atom is 0.303 e. The number of sulfonamides is 1. The van der Waals surface area contributed by atoms with Crippen LogP contribution >= 0.6 is 0 Å². The topological polar surface area (TPSA) is 104 Å². The van der Waals surface area contributed by atoms with Gasteiger partial charge in [0.25, 0.3) is 0 Å². The Morgan fingerprint density at radius 2 is 1.69 bits per heavy atom. The Bertz CT molecular complexity index is 728. The number of carboxylic acids is 1. The zero-order valence-electron chi connectivity index (χ0n) is 14.4. The number of likely N-dealkylation sites (tertiary alicyclic amines) is 1. The molecule has 0 bridgehead atoms. The largest absolute Gasteiger partial charge is 0.481 e. The van der Waals surface area contributed by atoms with E-state index < -0.39 is 21.8 Å². The molecule has 0 unspecified atom stereocenters. The minimum atomic E-state index is -3.72. The Balaban J connectivity index is 1.78. The molecule has 0 atom stereocenters. The van der Waals surface area contributed by atoms with Crippen LogP contribution in [0.15, 0.2) is 29.2 Å². The van der Waals surface area contributed by atoms with E-state index in [0.717, 1.165) is 12.1 Å². The summed E-state index contributed by atoms with van der Waals surface area (Å²) in [5.74, 6) is -1.40. The second-order valence-electron chi connectivity index (χ2n) is 6.33. The van der Waals surface area contributed by atoms with Gasteiger partial charge >= 0.3 is 5.97 Å². The van der Waals surface area contributed by atoms with Crippen LogP contribution in [0.2, 0.25) is 0 Å². The third-order valence-electron chi connectivity index (χ3n) is 4.32. The van der Waals surface area contributed by atoms with Gasteiger partial charge in [0.05, 0.1) is 4.90 Å². The van der Waals surface area contributed by atoms with Crippen LogP contribution in [-0.2, 0) is 19.6 Å². The lowest BCUT2D eigenvalue weighted by Crippen LogP contribution is -2.46. The maximum absolute atomic E-state index is 12.9. The normalized spacial score (nSPS) is 15.8. The van der Waals surface area contributed by atoms with Gasteiger partial charge in [-0.1, -0.05) is 0 Å². The van der Waals surface area contributed by atoms with Gasteiger partial charge in [0.15, 0.2) is 0 Å². The molecule has 0 spiro atoms. The highest BCUT2D eigenvalue weighted by Gasteiger charge is 2.26. The number of carboxylic acid groups (broad SMARTS) is 1. The second-order valence-corrected chi connectivity index (χ2v) is 8.05. The van der Waals surface area contributed by atoms with Crippen LogP contribution in [0.25, 0.3) is 0 Å². The number of halogens is 1. The van der Waals surface area contributed by atoms with E-state index in [2.05, 4.69) is 4.72 Å². The summed E-state index contributed by atoms with van der Waals surface area (Å²) in [5.41, 5.74) is 0. The molecule has 0 aliphatic carbocycles.